The molecule has 6 aromatic rings. The van der Waals surface area contributed by atoms with E-state index in [9.17, 15) is 0 Å². The number of aromatic nitrogens is 2. The Bertz CT molecular complexity index is 2560. The molecule has 8 rings (SSSR count). The third kappa shape index (κ3) is 12.8. The molecule has 7 heterocycles. The van der Waals surface area contributed by atoms with E-state index in [2.05, 4.69) is 57.8 Å². The van der Waals surface area contributed by atoms with Crippen molar-refractivity contribution in [1.82, 2.24) is 8.75 Å². The Kier molecular flexibility index (Phi) is 19.8. The number of hydrogen-bond acceptors (Lipinski definition) is 9. The number of unbranched alkanes of at least 4 members (excludes halogenated alkanes) is 24. The summed E-state index contributed by atoms with van der Waals surface area (Å²) in [6, 6.07) is 8.20. The normalized spacial score (nSPS) is 14.4. The van der Waals surface area contributed by atoms with E-state index in [1.165, 1.54) is 165 Å². The van der Waals surface area contributed by atoms with E-state index in [1.807, 2.05) is 26.0 Å². The Labute approximate surface area is 448 Å². The van der Waals surface area contributed by atoms with Gasteiger partial charge in [-0.3, -0.25) is 0 Å². The molecule has 5 aromatic heterocycles. The lowest BCUT2D eigenvalue weighted by Crippen LogP contribution is -2.35. The molecule has 69 heavy (non-hydrogen) atoms. The first-order chi connectivity index (χ1) is 33.5. The highest BCUT2D eigenvalue weighted by molar-refractivity contribution is 9.11. The van der Waals surface area contributed by atoms with Crippen LogP contribution in [0.2, 0.25) is 0 Å². The molecule has 0 spiro atoms. The lowest BCUT2D eigenvalue weighted by Gasteiger charge is -2.38. The van der Waals surface area contributed by atoms with Gasteiger partial charge in [0, 0.05) is 33.0 Å². The van der Waals surface area contributed by atoms with Gasteiger partial charge in [0.25, 0.3) is 0 Å². The maximum absolute atomic E-state index is 17.2. The van der Waals surface area contributed by atoms with E-state index in [0.29, 0.717) is 20.8 Å². The van der Waals surface area contributed by atoms with Gasteiger partial charge in [0.2, 0.25) is 0 Å². The highest BCUT2D eigenvalue weighted by Gasteiger charge is 2.44. The molecule has 0 aliphatic carbocycles. The first kappa shape index (κ1) is 53.5. The highest BCUT2D eigenvalue weighted by atomic mass is 79.9. The predicted molar refractivity (Wildman–Crippen MR) is 303 cm³/mol. The van der Waals surface area contributed by atoms with E-state index in [-0.39, 0.29) is 11.1 Å². The molecular formula is C56H72Br2F2N2O2S5. The zero-order valence-corrected chi connectivity index (χ0v) is 48.6. The number of nitrogens with zero attached hydrogens (tertiary/aromatic N) is 2. The van der Waals surface area contributed by atoms with Gasteiger partial charge in [0.05, 0.1) is 49.9 Å². The van der Waals surface area contributed by atoms with Gasteiger partial charge in [0.15, 0.2) is 11.6 Å². The third-order valence-electron chi connectivity index (χ3n) is 14.5. The Morgan fingerprint density at radius 2 is 0.826 bits per heavy atom. The Balaban J connectivity index is 1.03. The molecule has 0 saturated heterocycles. The van der Waals surface area contributed by atoms with Crippen molar-refractivity contribution >= 4 is 100.0 Å². The van der Waals surface area contributed by atoms with E-state index < -0.39 is 22.8 Å². The fraction of sp³-hybridized carbons (Fsp3) is 0.607. The smallest absolute Gasteiger partial charge is 0.170 e. The maximum Gasteiger partial charge on any atom is 0.170 e. The summed E-state index contributed by atoms with van der Waals surface area (Å²) in [6.07, 6.45) is 35.8. The summed E-state index contributed by atoms with van der Waals surface area (Å²) in [7, 11) is 0. The van der Waals surface area contributed by atoms with Gasteiger partial charge in [-0.2, -0.15) is 8.75 Å². The summed E-state index contributed by atoms with van der Waals surface area (Å²) < 4.78 is 59.5. The van der Waals surface area contributed by atoms with Crippen LogP contribution >= 0.6 is 88.9 Å². The van der Waals surface area contributed by atoms with E-state index in [0.717, 1.165) is 87.1 Å². The number of benzene rings is 1. The summed E-state index contributed by atoms with van der Waals surface area (Å²) in [6.45, 7) is 8.62. The summed E-state index contributed by atoms with van der Waals surface area (Å²) in [5, 5.41) is 0. The molecule has 0 radical (unpaired) electrons. The van der Waals surface area contributed by atoms with Gasteiger partial charge in [-0.1, -0.05) is 168 Å². The van der Waals surface area contributed by atoms with Crippen molar-refractivity contribution in [3.8, 4) is 51.9 Å². The van der Waals surface area contributed by atoms with Gasteiger partial charge in [-0.25, -0.2) is 8.78 Å². The predicted octanol–water partition coefficient (Wildman–Crippen LogP) is 22.6. The zero-order valence-electron chi connectivity index (χ0n) is 41.4. The van der Waals surface area contributed by atoms with Crippen molar-refractivity contribution in [2.45, 2.75) is 219 Å². The van der Waals surface area contributed by atoms with Crippen LogP contribution in [0, 0.1) is 11.6 Å². The molecule has 2 aliphatic heterocycles. The van der Waals surface area contributed by atoms with Gasteiger partial charge < -0.3 is 9.47 Å². The molecule has 13 heteroatoms. The average Bonchev–Trinajstić information content (AvgIpc) is 4.18. The molecule has 0 saturated carbocycles. The number of thiophene rings is 4. The maximum atomic E-state index is 17.2. The minimum Gasteiger partial charge on any atom is -0.481 e. The van der Waals surface area contributed by atoms with E-state index in [1.54, 1.807) is 34.0 Å². The van der Waals surface area contributed by atoms with Gasteiger partial charge in [-0.15, -0.1) is 45.3 Å². The number of ether oxygens (including phenoxy) is 2. The molecule has 0 bridgehead atoms. The third-order valence-corrected chi connectivity index (χ3v) is 20.9. The van der Waals surface area contributed by atoms with Gasteiger partial charge in [0.1, 0.15) is 33.7 Å². The number of fused-ring (bicyclic) bond motifs is 7. The van der Waals surface area contributed by atoms with Crippen LogP contribution in [0.5, 0.6) is 11.5 Å². The minimum atomic E-state index is -0.887. The zero-order chi connectivity index (χ0) is 48.4. The molecule has 0 unspecified atom stereocenters. The SMILES string of the molecule is CCCCCCCCCCCCCCCC1(CCCCCCCCCCCCCCC)Oc2cc(Br)sc2-c2sc(-c3c(F)c(F)c(-c4cc5c(s4)-c4sc(Br)cc4OC5(C)C)c4nsnc34)cc21. The van der Waals surface area contributed by atoms with Crippen LogP contribution in [0.3, 0.4) is 0 Å². The Morgan fingerprint density at radius 3 is 1.25 bits per heavy atom. The standard InChI is InChI=1S/C56H72Br2F2N2O2S5/c1-5-7-9-11-13-15-17-19-21-23-25-27-29-31-56(32-30-28-26-24-22-20-18-16-14-12-10-8-6-2)38-34-42(66-52(38)54-40(64-56)36-44(58)68-54)46-48(60)47(59)45(49-50(46)62-69-61-49)41-33-37-51(65-41)53-39(35-43(57)67-53)63-55(37,3)4/h33-36H,5-32H2,1-4H3. The number of halogens is 4. The van der Waals surface area contributed by atoms with Gasteiger partial charge in [-0.05, 0) is 83.5 Å². The van der Waals surface area contributed by atoms with Crippen LogP contribution in [0.4, 0.5) is 8.78 Å². The van der Waals surface area contributed by atoms with Crippen LogP contribution in [0.1, 0.15) is 219 Å². The molecule has 2 aliphatic rings. The van der Waals surface area contributed by atoms with Crippen molar-refractivity contribution in [3.05, 3.63) is 54.6 Å². The first-order valence-corrected chi connectivity index (χ1v) is 32.0. The second-order valence-electron chi connectivity index (χ2n) is 20.2. The summed E-state index contributed by atoms with van der Waals surface area (Å²) in [5.74, 6) is -0.0694. The summed E-state index contributed by atoms with van der Waals surface area (Å²) >= 11 is 14.7. The molecule has 0 N–H and O–H groups in total. The van der Waals surface area contributed by atoms with Crippen LogP contribution in [-0.2, 0) is 11.2 Å². The first-order valence-electron chi connectivity index (χ1n) is 26.4. The molecule has 0 amide bonds. The van der Waals surface area contributed by atoms with Crippen LogP contribution in [0.15, 0.2) is 31.8 Å². The summed E-state index contributed by atoms with van der Waals surface area (Å²) in [5.41, 5.74) is 2.04. The molecule has 4 nitrogen and oxygen atoms in total. The molecule has 0 atom stereocenters. The van der Waals surface area contributed by atoms with Crippen molar-refractivity contribution in [1.29, 1.82) is 0 Å². The second-order valence-corrected chi connectivity index (χ2v) is 27.7. The molecule has 376 valence electrons. The van der Waals surface area contributed by atoms with Crippen molar-refractivity contribution in [3.63, 3.8) is 0 Å². The second kappa shape index (κ2) is 25.5. The van der Waals surface area contributed by atoms with Crippen molar-refractivity contribution < 1.29 is 18.3 Å². The topological polar surface area (TPSA) is 44.2 Å². The van der Waals surface area contributed by atoms with Crippen molar-refractivity contribution in [2.24, 2.45) is 0 Å². The Morgan fingerprint density at radius 1 is 0.464 bits per heavy atom. The molecule has 1 aromatic carbocycles. The van der Waals surface area contributed by atoms with Gasteiger partial charge >= 0.3 is 0 Å². The Hall–Kier alpha value is -1.74. The van der Waals surface area contributed by atoms with Crippen molar-refractivity contribution in [2.75, 3.05) is 0 Å². The largest absolute Gasteiger partial charge is 0.481 e. The monoisotopic (exact) mass is 1160 g/mol. The number of hydrogen-bond donors (Lipinski definition) is 0. The molecular weight excluding hydrogens is 1090 g/mol. The lowest BCUT2D eigenvalue weighted by molar-refractivity contribution is 0.0397. The highest BCUT2D eigenvalue weighted by Crippen LogP contribution is 2.59. The van der Waals surface area contributed by atoms with Crippen LogP contribution in [-0.4, -0.2) is 8.75 Å². The average molecular weight is 1160 g/mol. The fourth-order valence-electron chi connectivity index (χ4n) is 10.7. The van der Waals surface area contributed by atoms with Crippen LogP contribution in [0.25, 0.3) is 51.4 Å². The fourth-order valence-corrected chi connectivity index (χ4v) is 17.2. The van der Waals surface area contributed by atoms with E-state index in [4.69, 9.17) is 18.2 Å². The van der Waals surface area contributed by atoms with Crippen LogP contribution < -0.4 is 9.47 Å². The minimum absolute atomic E-state index is 0.167. The number of rotatable bonds is 30. The molecule has 0 fully saturated rings. The van der Waals surface area contributed by atoms with E-state index >= 15 is 8.78 Å². The quantitative estimate of drug-likeness (QED) is 0.0422. The summed E-state index contributed by atoms with van der Waals surface area (Å²) in [4.78, 5) is 5.46. The lowest BCUT2D eigenvalue weighted by atomic mass is 9.81.